The molecule has 108 valence electrons. The molecule has 1 aromatic heterocycles. The van der Waals surface area contributed by atoms with E-state index in [-0.39, 0.29) is 5.82 Å². The van der Waals surface area contributed by atoms with Crippen LogP contribution in [0.5, 0.6) is 0 Å². The van der Waals surface area contributed by atoms with E-state index in [1.54, 1.807) is 13.8 Å². The molecule has 0 radical (unpaired) electrons. The Morgan fingerprint density at radius 3 is 2.11 bits per heavy atom. The Hall–Kier alpha value is -1.60. The van der Waals surface area contributed by atoms with Crippen molar-refractivity contribution < 1.29 is 17.6 Å². The summed E-state index contributed by atoms with van der Waals surface area (Å²) in [5, 5.41) is 5.20. The summed E-state index contributed by atoms with van der Waals surface area (Å²) in [5.41, 5.74) is 0.512. The predicted molar refractivity (Wildman–Crippen MR) is 65.1 cm³/mol. The van der Waals surface area contributed by atoms with Crippen LogP contribution in [0.15, 0.2) is 0 Å². The van der Waals surface area contributed by atoms with Crippen molar-refractivity contribution in [2.75, 3.05) is 23.7 Å². The number of nitrogens with one attached hydrogen (secondary N) is 2. The third-order valence-corrected chi connectivity index (χ3v) is 2.41. The molecule has 2 N–H and O–H groups in total. The van der Waals surface area contributed by atoms with Crippen LogP contribution in [0.4, 0.5) is 29.2 Å². The summed E-state index contributed by atoms with van der Waals surface area (Å²) in [6, 6.07) is 0. The van der Waals surface area contributed by atoms with Crippen LogP contribution in [-0.4, -0.2) is 35.4 Å². The van der Waals surface area contributed by atoms with Crippen LogP contribution in [0.25, 0.3) is 0 Å². The van der Waals surface area contributed by atoms with Crippen molar-refractivity contribution in [3.8, 4) is 0 Å². The molecule has 1 rings (SSSR count). The van der Waals surface area contributed by atoms with E-state index in [1.165, 1.54) is 0 Å². The third kappa shape index (κ3) is 3.93. The predicted octanol–water partition coefficient (Wildman–Crippen LogP) is 2.84. The van der Waals surface area contributed by atoms with Gasteiger partial charge in [0.25, 0.3) is 0 Å². The van der Waals surface area contributed by atoms with Gasteiger partial charge in [-0.2, -0.15) is 8.78 Å². The van der Waals surface area contributed by atoms with Crippen LogP contribution in [0.1, 0.15) is 18.3 Å². The topological polar surface area (TPSA) is 49.8 Å². The van der Waals surface area contributed by atoms with Gasteiger partial charge in [0, 0.05) is 12.1 Å². The Labute approximate surface area is 108 Å². The summed E-state index contributed by atoms with van der Waals surface area (Å²) < 4.78 is 49.8. The number of halogens is 4. The maximum atomic E-state index is 12.8. The van der Waals surface area contributed by atoms with Gasteiger partial charge in [0.2, 0.25) is 0 Å². The van der Waals surface area contributed by atoms with Gasteiger partial charge in [0.15, 0.2) is 0 Å². The molecule has 0 unspecified atom stereocenters. The molecule has 4 nitrogen and oxygen atoms in total. The van der Waals surface area contributed by atoms with Gasteiger partial charge < -0.3 is 10.6 Å². The second kappa shape index (κ2) is 6.03. The van der Waals surface area contributed by atoms with Crippen LogP contribution in [0, 0.1) is 13.8 Å². The van der Waals surface area contributed by atoms with Gasteiger partial charge in [-0.15, -0.1) is 0 Å². The smallest absolute Gasteiger partial charge is 0.324 e. The standard InChI is InChI=1S/C11H16F4N4/c1-4-16-8-6(2)9(19-7(3)18-8)17-5-11(14,15)10(12)13/h10H,4-5H2,1-3H3,(H2,16,17,18,19). The minimum Gasteiger partial charge on any atom is -0.370 e. The highest BCUT2D eigenvalue weighted by molar-refractivity contribution is 5.57. The summed E-state index contributed by atoms with van der Waals surface area (Å²) in [6.45, 7) is 4.50. The molecule has 8 heteroatoms. The lowest BCUT2D eigenvalue weighted by Gasteiger charge is -2.18. The van der Waals surface area contributed by atoms with Gasteiger partial charge >= 0.3 is 12.3 Å². The Kier molecular flexibility index (Phi) is 4.90. The van der Waals surface area contributed by atoms with Crippen molar-refractivity contribution in [2.45, 2.75) is 33.1 Å². The number of aryl methyl sites for hydroxylation is 1. The summed E-state index contributed by atoms with van der Waals surface area (Å²) in [7, 11) is 0. The first-order valence-electron chi connectivity index (χ1n) is 5.77. The normalized spacial score (nSPS) is 11.8. The van der Waals surface area contributed by atoms with Crippen molar-refractivity contribution in [1.29, 1.82) is 0 Å². The highest BCUT2D eigenvalue weighted by atomic mass is 19.3. The average molecular weight is 280 g/mol. The van der Waals surface area contributed by atoms with Gasteiger partial charge in [-0.05, 0) is 20.8 Å². The summed E-state index contributed by atoms with van der Waals surface area (Å²) in [4.78, 5) is 8.04. The van der Waals surface area contributed by atoms with Crippen molar-refractivity contribution >= 4 is 11.6 Å². The first-order chi connectivity index (χ1) is 8.77. The van der Waals surface area contributed by atoms with Crippen LogP contribution < -0.4 is 10.6 Å². The van der Waals surface area contributed by atoms with Crippen molar-refractivity contribution in [2.24, 2.45) is 0 Å². The molecule has 0 saturated heterocycles. The Balaban J connectivity index is 2.89. The molecule has 0 aliphatic carbocycles. The average Bonchev–Trinajstić information content (AvgIpc) is 2.31. The van der Waals surface area contributed by atoms with Crippen LogP contribution >= 0.6 is 0 Å². The lowest BCUT2D eigenvalue weighted by atomic mass is 10.2. The van der Waals surface area contributed by atoms with E-state index in [0.29, 0.717) is 23.8 Å². The molecule has 0 fully saturated rings. The minimum atomic E-state index is -4.09. The molecule has 0 aliphatic rings. The quantitative estimate of drug-likeness (QED) is 0.787. The lowest BCUT2D eigenvalue weighted by Crippen LogP contribution is -2.35. The molecule has 0 amide bonds. The van der Waals surface area contributed by atoms with Crippen molar-refractivity contribution in [3.05, 3.63) is 11.4 Å². The van der Waals surface area contributed by atoms with E-state index in [4.69, 9.17) is 0 Å². The molecular formula is C11H16F4N4. The van der Waals surface area contributed by atoms with E-state index >= 15 is 0 Å². The fourth-order valence-electron chi connectivity index (χ4n) is 1.42. The second-order valence-corrected chi connectivity index (χ2v) is 4.04. The number of anilines is 2. The fraction of sp³-hybridized carbons (Fsp3) is 0.636. The molecule has 0 aromatic carbocycles. The first-order valence-corrected chi connectivity index (χ1v) is 5.77. The Bertz CT molecular complexity index is 437. The van der Waals surface area contributed by atoms with E-state index in [2.05, 4.69) is 20.6 Å². The van der Waals surface area contributed by atoms with Crippen molar-refractivity contribution in [3.63, 3.8) is 0 Å². The number of aromatic nitrogens is 2. The third-order valence-electron chi connectivity index (χ3n) is 2.41. The SMILES string of the molecule is CCNc1nc(C)nc(NCC(F)(F)C(F)F)c1C. The number of nitrogens with zero attached hydrogens (tertiary/aromatic N) is 2. The fourth-order valence-corrected chi connectivity index (χ4v) is 1.42. The second-order valence-electron chi connectivity index (χ2n) is 4.04. The summed E-state index contributed by atoms with van der Waals surface area (Å²) >= 11 is 0. The summed E-state index contributed by atoms with van der Waals surface area (Å²) in [6.07, 6.45) is -3.71. The van der Waals surface area contributed by atoms with E-state index in [0.717, 1.165) is 0 Å². The zero-order chi connectivity index (χ0) is 14.6. The number of hydrogen-bond acceptors (Lipinski definition) is 4. The van der Waals surface area contributed by atoms with Gasteiger partial charge in [0.05, 0.1) is 6.54 Å². The monoisotopic (exact) mass is 280 g/mol. The van der Waals surface area contributed by atoms with Crippen molar-refractivity contribution in [1.82, 2.24) is 9.97 Å². The maximum Gasteiger partial charge on any atom is 0.324 e. The number of hydrogen-bond donors (Lipinski definition) is 2. The molecule has 0 aliphatic heterocycles. The lowest BCUT2D eigenvalue weighted by molar-refractivity contribution is -0.117. The zero-order valence-corrected chi connectivity index (χ0v) is 10.9. The molecule has 19 heavy (non-hydrogen) atoms. The Morgan fingerprint density at radius 2 is 1.63 bits per heavy atom. The molecule has 0 atom stereocenters. The molecule has 1 aromatic rings. The van der Waals surface area contributed by atoms with E-state index < -0.39 is 18.9 Å². The van der Waals surface area contributed by atoms with Gasteiger partial charge in [-0.3, -0.25) is 0 Å². The zero-order valence-electron chi connectivity index (χ0n) is 10.9. The Morgan fingerprint density at radius 1 is 1.11 bits per heavy atom. The minimum absolute atomic E-state index is 0.128. The van der Waals surface area contributed by atoms with Crippen LogP contribution in [0.2, 0.25) is 0 Å². The molecule has 0 saturated carbocycles. The highest BCUT2D eigenvalue weighted by Gasteiger charge is 2.40. The maximum absolute atomic E-state index is 12.8. The van der Waals surface area contributed by atoms with Gasteiger partial charge in [-0.25, -0.2) is 18.7 Å². The van der Waals surface area contributed by atoms with Crippen LogP contribution in [0.3, 0.4) is 0 Å². The van der Waals surface area contributed by atoms with E-state index in [1.807, 2.05) is 6.92 Å². The molecule has 1 heterocycles. The van der Waals surface area contributed by atoms with Crippen LogP contribution in [-0.2, 0) is 0 Å². The largest absolute Gasteiger partial charge is 0.370 e. The highest BCUT2D eigenvalue weighted by Crippen LogP contribution is 2.25. The molecule has 0 bridgehead atoms. The number of alkyl halides is 4. The number of rotatable bonds is 6. The van der Waals surface area contributed by atoms with E-state index in [9.17, 15) is 17.6 Å². The summed E-state index contributed by atoms with van der Waals surface area (Å²) in [5.74, 6) is -3.10. The molecular weight excluding hydrogens is 264 g/mol. The first kappa shape index (κ1) is 15.5. The van der Waals surface area contributed by atoms with Gasteiger partial charge in [0.1, 0.15) is 17.5 Å². The molecule has 0 spiro atoms. The van der Waals surface area contributed by atoms with Gasteiger partial charge in [-0.1, -0.05) is 0 Å².